The zero-order valence-electron chi connectivity index (χ0n) is 15.1. The number of aromatic nitrogens is 2. The quantitative estimate of drug-likeness (QED) is 0.830. The number of carbonyl (C=O) groups excluding carboxylic acids is 2. The number of amides is 2. The van der Waals surface area contributed by atoms with Crippen LogP contribution in [0.5, 0.6) is 0 Å². The summed E-state index contributed by atoms with van der Waals surface area (Å²) in [5, 5.41) is 5.06. The number of carbonyl (C=O) groups is 2. The summed E-state index contributed by atoms with van der Waals surface area (Å²) in [6.45, 7) is 6.04. The van der Waals surface area contributed by atoms with Crippen molar-refractivity contribution < 1.29 is 9.59 Å². The van der Waals surface area contributed by atoms with E-state index in [-0.39, 0.29) is 11.8 Å². The average molecular weight is 375 g/mol. The van der Waals surface area contributed by atoms with Gasteiger partial charge in [0.15, 0.2) is 0 Å². The van der Waals surface area contributed by atoms with Crippen molar-refractivity contribution in [2.45, 2.75) is 26.7 Å². The lowest BCUT2D eigenvalue weighted by Gasteiger charge is -2.21. The Kier molecular flexibility index (Phi) is 5.61. The highest BCUT2D eigenvalue weighted by atomic mass is 35.5. The molecule has 1 aromatic heterocycles. The summed E-state index contributed by atoms with van der Waals surface area (Å²) in [7, 11) is 0. The van der Waals surface area contributed by atoms with Crippen LogP contribution >= 0.6 is 11.6 Å². The Labute approximate surface area is 158 Å². The molecular weight excluding hydrogens is 352 g/mol. The summed E-state index contributed by atoms with van der Waals surface area (Å²) in [4.78, 5) is 28.3. The normalized spacial score (nSPS) is 15.0. The minimum absolute atomic E-state index is 0.0273. The maximum absolute atomic E-state index is 13.1. The Morgan fingerprint density at radius 1 is 1.15 bits per heavy atom. The van der Waals surface area contributed by atoms with Crippen LogP contribution in [-0.2, 0) is 11.2 Å². The van der Waals surface area contributed by atoms with Gasteiger partial charge in [-0.05, 0) is 31.0 Å². The molecule has 0 bridgehead atoms. The van der Waals surface area contributed by atoms with Crippen molar-refractivity contribution in [1.82, 2.24) is 19.6 Å². The molecule has 0 atom stereocenters. The molecule has 0 unspecified atom stereocenters. The molecular formula is C19H23ClN4O2. The minimum Gasteiger partial charge on any atom is -0.341 e. The van der Waals surface area contributed by atoms with Crippen molar-refractivity contribution in [3.8, 4) is 5.69 Å². The number of hydrogen-bond donors (Lipinski definition) is 0. The van der Waals surface area contributed by atoms with Crippen LogP contribution in [0.1, 0.15) is 36.3 Å². The van der Waals surface area contributed by atoms with Crippen LogP contribution in [0.3, 0.4) is 0 Å². The Balaban J connectivity index is 1.85. The first-order valence-electron chi connectivity index (χ1n) is 8.89. The third-order valence-corrected chi connectivity index (χ3v) is 4.95. The number of halogens is 1. The Bertz CT molecular complexity index is 818. The number of hydrogen-bond acceptors (Lipinski definition) is 3. The van der Waals surface area contributed by atoms with Crippen LogP contribution in [0.4, 0.5) is 0 Å². The van der Waals surface area contributed by atoms with E-state index in [4.69, 9.17) is 11.6 Å². The Hall–Kier alpha value is -2.34. The van der Waals surface area contributed by atoms with E-state index in [0.717, 1.165) is 17.8 Å². The van der Waals surface area contributed by atoms with Crippen LogP contribution in [0, 0.1) is 0 Å². The smallest absolute Gasteiger partial charge is 0.257 e. The molecule has 1 saturated heterocycles. The lowest BCUT2D eigenvalue weighted by atomic mass is 10.1. The zero-order chi connectivity index (χ0) is 18.7. The molecule has 138 valence electrons. The number of nitrogens with zero attached hydrogens (tertiary/aromatic N) is 4. The maximum Gasteiger partial charge on any atom is 0.257 e. The van der Waals surface area contributed by atoms with E-state index >= 15 is 0 Å². The molecule has 0 spiro atoms. The van der Waals surface area contributed by atoms with Crippen LogP contribution < -0.4 is 0 Å². The SMILES string of the molecule is CCc1c(C(=O)N2CCCN(C(C)=O)CC2)cnn1-c1cccc(Cl)c1. The van der Waals surface area contributed by atoms with Crippen molar-refractivity contribution in [2.24, 2.45) is 0 Å². The van der Waals surface area contributed by atoms with Crippen molar-refractivity contribution in [2.75, 3.05) is 26.2 Å². The van der Waals surface area contributed by atoms with Crippen molar-refractivity contribution in [1.29, 1.82) is 0 Å². The van der Waals surface area contributed by atoms with Gasteiger partial charge in [-0.25, -0.2) is 4.68 Å². The van der Waals surface area contributed by atoms with Crippen molar-refractivity contribution in [3.63, 3.8) is 0 Å². The Morgan fingerprint density at radius 2 is 1.88 bits per heavy atom. The summed E-state index contributed by atoms with van der Waals surface area (Å²) in [6, 6.07) is 7.43. The average Bonchev–Trinajstić information content (AvgIpc) is 2.89. The van der Waals surface area contributed by atoms with Gasteiger partial charge < -0.3 is 9.80 Å². The number of benzene rings is 1. The second-order valence-electron chi connectivity index (χ2n) is 6.40. The van der Waals surface area contributed by atoms with E-state index in [1.165, 1.54) is 0 Å². The summed E-state index contributed by atoms with van der Waals surface area (Å²) in [6.07, 6.45) is 3.10. The first-order valence-corrected chi connectivity index (χ1v) is 9.26. The van der Waals surface area contributed by atoms with E-state index in [2.05, 4.69) is 5.10 Å². The molecule has 2 heterocycles. The molecule has 0 saturated carbocycles. The van der Waals surface area contributed by atoms with Gasteiger partial charge >= 0.3 is 0 Å². The van der Waals surface area contributed by atoms with E-state index in [9.17, 15) is 9.59 Å². The topological polar surface area (TPSA) is 58.4 Å². The monoisotopic (exact) mass is 374 g/mol. The predicted molar refractivity (Wildman–Crippen MR) is 101 cm³/mol. The van der Waals surface area contributed by atoms with Gasteiger partial charge in [0, 0.05) is 38.1 Å². The molecule has 2 amide bonds. The fraction of sp³-hybridized carbons (Fsp3) is 0.421. The molecule has 1 aliphatic heterocycles. The Morgan fingerprint density at radius 3 is 2.58 bits per heavy atom. The summed E-state index contributed by atoms with van der Waals surface area (Å²) >= 11 is 6.09. The van der Waals surface area contributed by atoms with E-state index < -0.39 is 0 Å². The van der Waals surface area contributed by atoms with E-state index in [1.54, 1.807) is 22.7 Å². The van der Waals surface area contributed by atoms with Gasteiger partial charge in [-0.2, -0.15) is 5.10 Å². The number of rotatable bonds is 3. The maximum atomic E-state index is 13.1. The van der Waals surface area contributed by atoms with Gasteiger partial charge in [-0.15, -0.1) is 0 Å². The van der Waals surface area contributed by atoms with Crippen LogP contribution in [0.2, 0.25) is 5.02 Å². The largest absolute Gasteiger partial charge is 0.341 e. The van der Waals surface area contributed by atoms with Crippen LogP contribution in [0.25, 0.3) is 5.69 Å². The molecule has 2 aromatic rings. The fourth-order valence-corrected chi connectivity index (χ4v) is 3.51. The van der Waals surface area contributed by atoms with Crippen molar-refractivity contribution >= 4 is 23.4 Å². The molecule has 0 N–H and O–H groups in total. The first kappa shape index (κ1) is 18.5. The van der Waals surface area contributed by atoms with E-state index in [0.29, 0.717) is 43.2 Å². The zero-order valence-corrected chi connectivity index (χ0v) is 15.9. The second-order valence-corrected chi connectivity index (χ2v) is 6.84. The summed E-state index contributed by atoms with van der Waals surface area (Å²) < 4.78 is 1.78. The lowest BCUT2D eigenvalue weighted by Crippen LogP contribution is -2.36. The predicted octanol–water partition coefficient (Wildman–Crippen LogP) is 2.78. The molecule has 1 fully saturated rings. The first-order chi connectivity index (χ1) is 12.5. The van der Waals surface area contributed by atoms with Gasteiger partial charge in [-0.1, -0.05) is 24.6 Å². The fourth-order valence-electron chi connectivity index (χ4n) is 3.33. The van der Waals surface area contributed by atoms with Crippen LogP contribution in [-0.4, -0.2) is 57.6 Å². The lowest BCUT2D eigenvalue weighted by molar-refractivity contribution is -0.128. The highest BCUT2D eigenvalue weighted by Crippen LogP contribution is 2.20. The molecule has 1 aromatic carbocycles. The van der Waals surface area contributed by atoms with Gasteiger partial charge in [0.1, 0.15) is 0 Å². The van der Waals surface area contributed by atoms with E-state index in [1.807, 2.05) is 36.1 Å². The summed E-state index contributed by atoms with van der Waals surface area (Å²) in [5.74, 6) is 0.0304. The molecule has 6 nitrogen and oxygen atoms in total. The molecule has 7 heteroatoms. The molecule has 0 radical (unpaired) electrons. The summed E-state index contributed by atoms with van der Waals surface area (Å²) in [5.41, 5.74) is 2.32. The standard InChI is InChI=1S/C19H23ClN4O2/c1-3-18-17(13-21-24(18)16-7-4-6-15(20)12-16)19(26)23-9-5-8-22(10-11-23)14(2)25/h4,6-7,12-13H,3,5,8-11H2,1-2H3. The minimum atomic E-state index is -0.0273. The van der Waals surface area contributed by atoms with Crippen LogP contribution in [0.15, 0.2) is 30.5 Å². The third kappa shape index (κ3) is 3.75. The second kappa shape index (κ2) is 7.91. The molecule has 0 aliphatic carbocycles. The molecule has 26 heavy (non-hydrogen) atoms. The van der Waals surface area contributed by atoms with Gasteiger partial charge in [-0.3, -0.25) is 9.59 Å². The van der Waals surface area contributed by atoms with Gasteiger partial charge in [0.05, 0.1) is 23.1 Å². The molecule has 1 aliphatic rings. The van der Waals surface area contributed by atoms with Gasteiger partial charge in [0.2, 0.25) is 5.91 Å². The molecule has 3 rings (SSSR count). The van der Waals surface area contributed by atoms with Gasteiger partial charge in [0.25, 0.3) is 5.91 Å². The van der Waals surface area contributed by atoms with Crippen molar-refractivity contribution in [3.05, 3.63) is 46.7 Å². The highest BCUT2D eigenvalue weighted by Gasteiger charge is 2.25. The third-order valence-electron chi connectivity index (χ3n) is 4.72. The highest BCUT2D eigenvalue weighted by molar-refractivity contribution is 6.30.